The summed E-state index contributed by atoms with van der Waals surface area (Å²) in [7, 11) is 1.36. The molecule has 0 saturated heterocycles. The first-order valence-electron chi connectivity index (χ1n) is 10.7. The van der Waals surface area contributed by atoms with Crippen LogP contribution in [0.15, 0.2) is 42.0 Å². The molecule has 1 unspecified atom stereocenters. The molecule has 0 fully saturated rings. The minimum Gasteiger partial charge on any atom is -0.466 e. The van der Waals surface area contributed by atoms with Gasteiger partial charge in [-0.25, -0.2) is 4.79 Å². The molecule has 3 nitrogen and oxygen atoms in total. The number of carbonyl (C=O) groups excluding carboxylic acids is 1. The molecule has 0 spiro atoms. The van der Waals surface area contributed by atoms with Gasteiger partial charge in [0.1, 0.15) is 6.10 Å². The number of rotatable bonds is 15. The van der Waals surface area contributed by atoms with Gasteiger partial charge in [0.15, 0.2) is 0 Å². The molecule has 0 aliphatic heterocycles. The number of hydrogen-bond acceptors (Lipinski definition) is 3. The number of ether oxygens (including phenoxy) is 1. The van der Waals surface area contributed by atoms with Crippen LogP contribution in [-0.4, -0.2) is 18.2 Å². The van der Waals surface area contributed by atoms with Gasteiger partial charge in [-0.05, 0) is 18.4 Å². The van der Waals surface area contributed by atoms with Crippen molar-refractivity contribution in [2.75, 3.05) is 7.11 Å². The molecule has 0 radical (unpaired) electrons. The average molecular weight is 375 g/mol. The fourth-order valence-corrected chi connectivity index (χ4v) is 3.31. The maximum atomic E-state index is 12.0. The van der Waals surface area contributed by atoms with Crippen molar-refractivity contribution in [1.29, 1.82) is 0 Å². The third kappa shape index (κ3) is 10.3. The predicted molar refractivity (Wildman–Crippen MR) is 113 cm³/mol. The average Bonchev–Trinajstić information content (AvgIpc) is 2.71. The highest BCUT2D eigenvalue weighted by Gasteiger charge is 2.20. The van der Waals surface area contributed by atoms with Gasteiger partial charge >= 0.3 is 5.97 Å². The van der Waals surface area contributed by atoms with Crippen LogP contribution in [0.3, 0.4) is 0 Å². The first-order chi connectivity index (χ1) is 13.2. The van der Waals surface area contributed by atoms with Crippen molar-refractivity contribution in [1.82, 2.24) is 0 Å². The van der Waals surface area contributed by atoms with Crippen molar-refractivity contribution in [3.05, 3.63) is 47.5 Å². The van der Waals surface area contributed by atoms with Crippen LogP contribution in [0, 0.1) is 0 Å². The lowest BCUT2D eigenvalue weighted by Crippen LogP contribution is -2.13. The number of hydrogen-bond donors (Lipinski definition) is 1. The van der Waals surface area contributed by atoms with E-state index < -0.39 is 12.1 Å². The normalized spacial score (nSPS) is 12.8. The summed E-state index contributed by atoms with van der Waals surface area (Å²) < 4.78 is 4.85. The third-order valence-corrected chi connectivity index (χ3v) is 5.00. The number of allylic oxidation sites excluding steroid dienone is 1. The van der Waals surface area contributed by atoms with E-state index in [-0.39, 0.29) is 0 Å². The van der Waals surface area contributed by atoms with Gasteiger partial charge < -0.3 is 9.84 Å². The Kier molecular flexibility index (Phi) is 13.4. The molecule has 27 heavy (non-hydrogen) atoms. The Labute approximate surface area is 165 Å². The number of aliphatic hydroxyl groups excluding tert-OH is 1. The zero-order chi connectivity index (χ0) is 19.7. The molecule has 0 aliphatic rings. The van der Waals surface area contributed by atoms with Gasteiger partial charge in [-0.1, -0.05) is 108 Å². The molecule has 1 aromatic rings. The molecule has 0 amide bonds. The van der Waals surface area contributed by atoms with E-state index >= 15 is 0 Å². The molecule has 152 valence electrons. The van der Waals surface area contributed by atoms with Gasteiger partial charge in [-0.2, -0.15) is 0 Å². The fourth-order valence-electron chi connectivity index (χ4n) is 3.31. The molecule has 0 aliphatic carbocycles. The number of unbranched alkanes of at least 4 members (excludes halogenated alkanes) is 11. The van der Waals surface area contributed by atoms with Crippen LogP contribution in [0.25, 0.3) is 0 Å². The van der Waals surface area contributed by atoms with Crippen molar-refractivity contribution < 1.29 is 14.6 Å². The van der Waals surface area contributed by atoms with Crippen LogP contribution in [0.1, 0.15) is 95.6 Å². The Hall–Kier alpha value is -1.61. The maximum Gasteiger partial charge on any atom is 0.336 e. The zero-order valence-corrected chi connectivity index (χ0v) is 17.3. The van der Waals surface area contributed by atoms with E-state index in [1.807, 2.05) is 36.4 Å². The van der Waals surface area contributed by atoms with E-state index in [1.54, 1.807) is 0 Å². The van der Waals surface area contributed by atoms with Crippen LogP contribution in [0.5, 0.6) is 0 Å². The van der Waals surface area contributed by atoms with Gasteiger partial charge in [0.05, 0.1) is 12.7 Å². The SMILES string of the molecule is CCCCCCCCCCCCC/C=C(\C(=O)OC)C(O)c1ccccc1. The highest BCUT2D eigenvalue weighted by atomic mass is 16.5. The largest absolute Gasteiger partial charge is 0.466 e. The Morgan fingerprint density at radius 3 is 1.96 bits per heavy atom. The summed E-state index contributed by atoms with van der Waals surface area (Å²) in [5.74, 6) is -0.450. The maximum absolute atomic E-state index is 12.0. The lowest BCUT2D eigenvalue weighted by molar-refractivity contribution is -0.137. The summed E-state index contributed by atoms with van der Waals surface area (Å²) in [4.78, 5) is 12.0. The van der Waals surface area contributed by atoms with Gasteiger partial charge in [-0.3, -0.25) is 0 Å². The van der Waals surface area contributed by atoms with E-state index in [0.717, 1.165) is 12.8 Å². The number of benzene rings is 1. The second-order valence-electron chi connectivity index (χ2n) is 7.29. The van der Waals surface area contributed by atoms with Crippen molar-refractivity contribution in [3.8, 4) is 0 Å². The van der Waals surface area contributed by atoms with Crippen LogP contribution >= 0.6 is 0 Å². The van der Waals surface area contributed by atoms with E-state index in [1.165, 1.54) is 71.3 Å². The van der Waals surface area contributed by atoms with Gasteiger partial charge in [-0.15, -0.1) is 0 Å². The van der Waals surface area contributed by atoms with Gasteiger partial charge in [0.2, 0.25) is 0 Å². The molecule has 1 N–H and O–H groups in total. The van der Waals surface area contributed by atoms with Gasteiger partial charge in [0, 0.05) is 0 Å². The Balaban J connectivity index is 2.24. The highest BCUT2D eigenvalue weighted by Crippen LogP contribution is 2.23. The van der Waals surface area contributed by atoms with E-state index in [0.29, 0.717) is 11.1 Å². The highest BCUT2D eigenvalue weighted by molar-refractivity contribution is 5.89. The Morgan fingerprint density at radius 2 is 1.44 bits per heavy atom. The molecule has 1 atom stereocenters. The van der Waals surface area contributed by atoms with E-state index in [4.69, 9.17) is 4.74 Å². The number of aliphatic hydroxyl groups is 1. The molecular weight excluding hydrogens is 336 g/mol. The van der Waals surface area contributed by atoms with Crippen molar-refractivity contribution in [2.24, 2.45) is 0 Å². The lowest BCUT2D eigenvalue weighted by atomic mass is 9.99. The molecular formula is C24H38O3. The summed E-state index contributed by atoms with van der Waals surface area (Å²) in [5, 5.41) is 10.5. The third-order valence-electron chi connectivity index (χ3n) is 5.00. The second kappa shape index (κ2) is 15.4. The predicted octanol–water partition coefficient (Wildman–Crippen LogP) is 6.52. The van der Waals surface area contributed by atoms with E-state index in [9.17, 15) is 9.90 Å². The Morgan fingerprint density at radius 1 is 0.926 bits per heavy atom. The monoisotopic (exact) mass is 374 g/mol. The summed E-state index contributed by atoms with van der Waals surface area (Å²) in [6, 6.07) is 9.25. The van der Waals surface area contributed by atoms with Crippen molar-refractivity contribution >= 4 is 5.97 Å². The molecule has 0 bridgehead atoms. The number of carbonyl (C=O) groups is 1. The quantitative estimate of drug-likeness (QED) is 0.216. The molecule has 1 rings (SSSR count). The zero-order valence-electron chi connectivity index (χ0n) is 17.3. The summed E-state index contributed by atoms with van der Waals surface area (Å²) in [5.41, 5.74) is 1.06. The summed E-state index contributed by atoms with van der Waals surface area (Å²) in [6.07, 6.45) is 16.0. The second-order valence-corrected chi connectivity index (χ2v) is 7.29. The van der Waals surface area contributed by atoms with Crippen molar-refractivity contribution in [3.63, 3.8) is 0 Å². The standard InChI is InChI=1S/C24H38O3/c1-3-4-5-6-7-8-9-10-11-12-13-17-20-22(24(26)27-2)23(25)21-18-15-14-16-19-21/h14-16,18-20,23,25H,3-13,17H2,1-2H3/b22-20-. The van der Waals surface area contributed by atoms with Crippen LogP contribution < -0.4 is 0 Å². The number of methoxy groups -OCH3 is 1. The summed E-state index contributed by atoms with van der Waals surface area (Å²) in [6.45, 7) is 2.26. The van der Waals surface area contributed by atoms with Crippen LogP contribution in [0.4, 0.5) is 0 Å². The first kappa shape index (κ1) is 23.4. The molecule has 0 aromatic heterocycles. The molecule has 0 saturated carbocycles. The molecule has 3 heteroatoms. The van der Waals surface area contributed by atoms with Gasteiger partial charge in [0.25, 0.3) is 0 Å². The Bertz CT molecular complexity index is 522. The number of esters is 1. The minimum absolute atomic E-state index is 0.343. The fraction of sp³-hybridized carbons (Fsp3) is 0.625. The van der Waals surface area contributed by atoms with Crippen LogP contribution in [0.2, 0.25) is 0 Å². The van der Waals surface area contributed by atoms with Crippen molar-refractivity contribution in [2.45, 2.75) is 90.1 Å². The molecule has 0 heterocycles. The van der Waals surface area contributed by atoms with E-state index in [2.05, 4.69) is 6.92 Å². The summed E-state index contributed by atoms with van der Waals surface area (Å²) >= 11 is 0. The lowest BCUT2D eigenvalue weighted by Gasteiger charge is -2.14. The smallest absolute Gasteiger partial charge is 0.336 e. The van der Waals surface area contributed by atoms with Crippen LogP contribution in [-0.2, 0) is 9.53 Å². The minimum atomic E-state index is -0.925. The first-order valence-corrected chi connectivity index (χ1v) is 10.7. The topological polar surface area (TPSA) is 46.5 Å². The molecule has 1 aromatic carbocycles.